The Morgan fingerprint density at radius 1 is 1.06 bits per heavy atom. The molecule has 0 atom stereocenters. The molecule has 0 aromatic carbocycles. The molecule has 0 aromatic heterocycles. The van der Waals surface area contributed by atoms with Gasteiger partial charge in [0.15, 0.2) is 0 Å². The molecular formula is C18H23F3N2O8. The molecule has 10 nitrogen and oxygen atoms in total. The number of rotatable bonds is 11. The van der Waals surface area contributed by atoms with Crippen molar-refractivity contribution in [1.82, 2.24) is 10.4 Å². The second-order valence-electron chi connectivity index (χ2n) is 5.87. The second-order valence-corrected chi connectivity index (χ2v) is 5.87. The number of hydrogen-bond donors (Lipinski definition) is 1. The van der Waals surface area contributed by atoms with Crippen LogP contribution in [-0.4, -0.2) is 73.7 Å². The summed E-state index contributed by atoms with van der Waals surface area (Å²) in [4.78, 5) is 56.7. The predicted octanol–water partition coefficient (Wildman–Crippen LogP) is 0.294. The molecule has 0 radical (unpaired) electrons. The van der Waals surface area contributed by atoms with Crippen LogP contribution in [0.1, 0.15) is 32.6 Å². The first-order valence-electron chi connectivity index (χ1n) is 8.99. The maximum absolute atomic E-state index is 11.6. The van der Waals surface area contributed by atoms with E-state index in [2.05, 4.69) is 16.1 Å². The number of ketones is 1. The smallest absolute Gasteiger partial charge is 0.379 e. The standard InChI is InChI=1S/C12H19NO4.C6H4F3NO4/c1-3-4-12(15)13-6-8-17-10-9-16-7-5-11(2)14;7-6(8,9)5(13)14-10-3(11)1-2-4(10)12/h1H,4-10H2,2H3,(H,13,15);1-2H2. The maximum Gasteiger partial charge on any atom is 0.493 e. The lowest BCUT2D eigenvalue weighted by Gasteiger charge is -2.13. The molecule has 1 aliphatic rings. The Kier molecular flexibility index (Phi) is 13.5. The lowest BCUT2D eigenvalue weighted by molar-refractivity contribution is -0.232. The molecule has 1 rings (SSSR count). The number of amides is 3. The zero-order chi connectivity index (χ0) is 23.9. The van der Waals surface area contributed by atoms with E-state index in [0.29, 0.717) is 39.4 Å². The van der Waals surface area contributed by atoms with E-state index in [1.165, 1.54) is 6.92 Å². The second kappa shape index (κ2) is 14.9. The quantitative estimate of drug-likeness (QED) is 0.269. The van der Waals surface area contributed by atoms with Crippen LogP contribution in [0, 0.1) is 12.3 Å². The SMILES string of the molecule is C#CCC(=O)NCCOCCOCCC(C)=O.O=C1CCC(=O)N1OC(=O)C(F)(F)F. The van der Waals surface area contributed by atoms with Crippen LogP contribution in [0.25, 0.3) is 0 Å². The van der Waals surface area contributed by atoms with Gasteiger partial charge in [-0.15, -0.1) is 11.5 Å². The molecule has 1 N–H and O–H groups in total. The first kappa shape index (κ1) is 28.0. The number of carbonyl (C=O) groups is 5. The first-order chi connectivity index (χ1) is 14.5. The highest BCUT2D eigenvalue weighted by Gasteiger charge is 2.45. The summed E-state index contributed by atoms with van der Waals surface area (Å²) < 4.78 is 45.2. The topological polar surface area (TPSA) is 128 Å². The minimum Gasteiger partial charge on any atom is -0.379 e. The molecule has 1 aliphatic heterocycles. The van der Waals surface area contributed by atoms with Gasteiger partial charge in [0.25, 0.3) is 11.8 Å². The van der Waals surface area contributed by atoms with Crippen LogP contribution >= 0.6 is 0 Å². The molecule has 3 amide bonds. The van der Waals surface area contributed by atoms with Gasteiger partial charge in [-0.2, -0.15) is 13.2 Å². The molecule has 174 valence electrons. The summed E-state index contributed by atoms with van der Waals surface area (Å²) in [6, 6.07) is 0. The van der Waals surface area contributed by atoms with E-state index in [4.69, 9.17) is 15.9 Å². The van der Waals surface area contributed by atoms with Gasteiger partial charge in [0, 0.05) is 25.8 Å². The van der Waals surface area contributed by atoms with Gasteiger partial charge < -0.3 is 19.6 Å². The van der Waals surface area contributed by atoms with Crippen LogP contribution in [0.15, 0.2) is 0 Å². The van der Waals surface area contributed by atoms with Crippen LogP contribution in [0.2, 0.25) is 0 Å². The van der Waals surface area contributed by atoms with Crippen LogP contribution in [-0.2, 0) is 38.3 Å². The average Bonchev–Trinajstić information content (AvgIpc) is 2.98. The third kappa shape index (κ3) is 13.8. The largest absolute Gasteiger partial charge is 0.493 e. The Balaban J connectivity index is 0.000000590. The number of Topliss-reactive ketones (excluding diaryl/α,β-unsaturated/α-hetero) is 1. The molecular weight excluding hydrogens is 429 g/mol. The van der Waals surface area contributed by atoms with E-state index in [1.54, 1.807) is 0 Å². The fourth-order valence-electron chi connectivity index (χ4n) is 1.75. The number of nitrogens with one attached hydrogen (secondary N) is 1. The Labute approximate surface area is 176 Å². The molecule has 0 aliphatic carbocycles. The van der Waals surface area contributed by atoms with Crippen molar-refractivity contribution in [3.8, 4) is 12.3 Å². The molecule has 1 fully saturated rings. The van der Waals surface area contributed by atoms with Crippen molar-refractivity contribution in [2.45, 2.75) is 38.8 Å². The number of hydrogen-bond acceptors (Lipinski definition) is 8. The van der Waals surface area contributed by atoms with E-state index >= 15 is 0 Å². The molecule has 0 bridgehead atoms. The van der Waals surface area contributed by atoms with Gasteiger partial charge in [-0.25, -0.2) is 4.79 Å². The van der Waals surface area contributed by atoms with Gasteiger partial charge in [0.2, 0.25) is 5.91 Å². The highest BCUT2D eigenvalue weighted by Crippen LogP contribution is 2.20. The van der Waals surface area contributed by atoms with Crippen LogP contribution < -0.4 is 5.32 Å². The van der Waals surface area contributed by atoms with Gasteiger partial charge in [0.05, 0.1) is 32.8 Å². The fraction of sp³-hybridized carbons (Fsp3) is 0.611. The van der Waals surface area contributed by atoms with Crippen molar-refractivity contribution in [2.24, 2.45) is 0 Å². The van der Waals surface area contributed by atoms with Gasteiger partial charge >= 0.3 is 12.1 Å². The number of carbonyl (C=O) groups excluding carboxylic acids is 5. The predicted molar refractivity (Wildman–Crippen MR) is 96.6 cm³/mol. The Morgan fingerprint density at radius 3 is 2.10 bits per heavy atom. The highest BCUT2D eigenvalue weighted by molar-refractivity contribution is 6.01. The summed E-state index contributed by atoms with van der Waals surface area (Å²) >= 11 is 0. The Hall–Kier alpha value is -2.98. The number of halogens is 3. The van der Waals surface area contributed by atoms with Crippen LogP contribution in [0.5, 0.6) is 0 Å². The summed E-state index contributed by atoms with van der Waals surface area (Å²) in [7, 11) is 0. The van der Waals surface area contributed by atoms with Crippen molar-refractivity contribution in [2.75, 3.05) is 33.0 Å². The van der Waals surface area contributed by atoms with Crippen molar-refractivity contribution < 1.29 is 51.5 Å². The van der Waals surface area contributed by atoms with Crippen molar-refractivity contribution >= 4 is 29.5 Å². The number of ether oxygens (including phenoxy) is 2. The van der Waals surface area contributed by atoms with E-state index in [0.717, 1.165) is 0 Å². The zero-order valence-corrected chi connectivity index (χ0v) is 16.8. The highest BCUT2D eigenvalue weighted by atomic mass is 19.4. The minimum absolute atomic E-state index is 0.0914. The fourth-order valence-corrected chi connectivity index (χ4v) is 1.75. The molecule has 1 heterocycles. The molecule has 13 heteroatoms. The van der Waals surface area contributed by atoms with Gasteiger partial charge in [-0.05, 0) is 6.92 Å². The number of imide groups is 1. The third-order valence-corrected chi connectivity index (χ3v) is 3.21. The molecule has 31 heavy (non-hydrogen) atoms. The molecule has 0 spiro atoms. The number of terminal acetylenes is 1. The summed E-state index contributed by atoms with van der Waals surface area (Å²) in [5.74, 6) is -2.29. The monoisotopic (exact) mass is 452 g/mol. The van der Waals surface area contributed by atoms with Gasteiger partial charge in [0.1, 0.15) is 5.78 Å². The van der Waals surface area contributed by atoms with Gasteiger partial charge in [-0.1, -0.05) is 5.92 Å². The number of nitrogens with zero attached hydrogens (tertiary/aromatic N) is 1. The van der Waals surface area contributed by atoms with Crippen molar-refractivity contribution in [3.05, 3.63) is 0 Å². The summed E-state index contributed by atoms with van der Waals surface area (Å²) in [5, 5.41) is 2.45. The van der Waals surface area contributed by atoms with Crippen LogP contribution in [0.3, 0.4) is 0 Å². The zero-order valence-electron chi connectivity index (χ0n) is 16.8. The van der Waals surface area contributed by atoms with E-state index in [-0.39, 0.29) is 36.0 Å². The lowest BCUT2D eigenvalue weighted by atomic mass is 10.3. The molecule has 0 aromatic rings. The molecule has 0 saturated carbocycles. The van der Waals surface area contributed by atoms with Crippen LogP contribution in [0.4, 0.5) is 13.2 Å². The lowest BCUT2D eigenvalue weighted by Crippen LogP contribution is -2.37. The molecule has 0 unspecified atom stereocenters. The Bertz CT molecular complexity index is 672. The number of alkyl halides is 3. The van der Waals surface area contributed by atoms with Gasteiger partial charge in [-0.3, -0.25) is 19.2 Å². The molecule has 1 saturated heterocycles. The van der Waals surface area contributed by atoms with E-state index < -0.39 is 24.0 Å². The summed E-state index contributed by atoms with van der Waals surface area (Å²) in [6.45, 7) is 3.71. The first-order valence-corrected chi connectivity index (χ1v) is 8.99. The van der Waals surface area contributed by atoms with Crippen molar-refractivity contribution in [3.63, 3.8) is 0 Å². The van der Waals surface area contributed by atoms with E-state index in [9.17, 15) is 37.1 Å². The van der Waals surface area contributed by atoms with Crippen molar-refractivity contribution in [1.29, 1.82) is 0 Å². The summed E-state index contributed by atoms with van der Waals surface area (Å²) in [5.41, 5.74) is 0. The van der Waals surface area contributed by atoms with E-state index in [1.807, 2.05) is 0 Å². The minimum atomic E-state index is -5.22. The maximum atomic E-state index is 11.6. The summed E-state index contributed by atoms with van der Waals surface area (Å²) in [6.07, 6.45) is -0.221. The average molecular weight is 452 g/mol. The normalized spacial score (nSPS) is 13.2. The third-order valence-electron chi connectivity index (χ3n) is 3.21. The Morgan fingerprint density at radius 2 is 1.61 bits per heavy atom. The number of hydroxylamine groups is 2.